The molecule has 2 bridgehead atoms. The number of hydrogen-bond acceptors (Lipinski definition) is 4. The molecule has 0 saturated carbocycles. The first-order valence-corrected chi connectivity index (χ1v) is 7.28. The van der Waals surface area contributed by atoms with Crippen molar-refractivity contribution in [1.29, 1.82) is 0 Å². The van der Waals surface area contributed by atoms with E-state index in [1.807, 2.05) is 54.6 Å². The highest BCUT2D eigenvalue weighted by Gasteiger charge is 2.06. The molecule has 1 aliphatic heterocycles. The summed E-state index contributed by atoms with van der Waals surface area (Å²) in [4.78, 5) is 8.59. The van der Waals surface area contributed by atoms with Gasteiger partial charge in [-0.1, -0.05) is 24.3 Å². The third kappa shape index (κ3) is 4.17. The van der Waals surface area contributed by atoms with Crippen molar-refractivity contribution < 1.29 is 9.47 Å². The number of hydrogen-bond donors (Lipinski definition) is 0. The van der Waals surface area contributed by atoms with Gasteiger partial charge in [-0.2, -0.15) is 0 Å². The number of pyridine rings is 1. The number of aromatic nitrogens is 1. The van der Waals surface area contributed by atoms with E-state index in [9.17, 15) is 0 Å². The Labute approximate surface area is 135 Å². The molecular formula is C19H16N2O2. The summed E-state index contributed by atoms with van der Waals surface area (Å²) in [5, 5.41) is 0. The molecule has 0 atom stereocenters. The summed E-state index contributed by atoms with van der Waals surface area (Å²) in [5.41, 5.74) is 2.02. The van der Waals surface area contributed by atoms with Crippen LogP contribution in [-0.4, -0.2) is 17.8 Å². The van der Waals surface area contributed by atoms with Gasteiger partial charge in [-0.05, 0) is 42.0 Å². The van der Waals surface area contributed by atoms with Gasteiger partial charge in [0.05, 0.1) is 12.5 Å². The van der Waals surface area contributed by atoms with Gasteiger partial charge in [-0.25, -0.2) is 9.98 Å². The molecule has 2 heterocycles. The van der Waals surface area contributed by atoms with Crippen LogP contribution < -0.4 is 4.74 Å². The highest BCUT2D eigenvalue weighted by atomic mass is 16.5. The molecule has 0 N–H and O–H groups in total. The molecule has 0 fully saturated rings. The molecule has 1 aromatic heterocycles. The molecule has 1 aliphatic rings. The summed E-state index contributed by atoms with van der Waals surface area (Å²) >= 11 is 0. The SMILES string of the molecule is C1=CC=Nc2cc(ccn2)-c2ccccc2OCC=COC=C1. The molecular weight excluding hydrogens is 288 g/mol. The number of para-hydroxylation sites is 1. The van der Waals surface area contributed by atoms with Crippen LogP contribution in [0.3, 0.4) is 0 Å². The first-order valence-electron chi connectivity index (χ1n) is 7.28. The van der Waals surface area contributed by atoms with Crippen molar-refractivity contribution in [3.05, 3.63) is 79.4 Å². The molecule has 23 heavy (non-hydrogen) atoms. The maximum absolute atomic E-state index is 5.82. The zero-order valence-corrected chi connectivity index (χ0v) is 12.5. The van der Waals surface area contributed by atoms with Gasteiger partial charge < -0.3 is 9.47 Å². The number of aliphatic imine (C=N–C) groups is 1. The molecule has 4 heteroatoms. The second kappa shape index (κ2) is 7.75. The van der Waals surface area contributed by atoms with Crippen molar-refractivity contribution in [2.75, 3.05) is 6.61 Å². The topological polar surface area (TPSA) is 43.7 Å². The molecule has 0 spiro atoms. The highest BCUT2D eigenvalue weighted by Crippen LogP contribution is 2.31. The van der Waals surface area contributed by atoms with Gasteiger partial charge >= 0.3 is 0 Å². The molecule has 0 amide bonds. The van der Waals surface area contributed by atoms with Crippen LogP contribution in [0, 0.1) is 0 Å². The van der Waals surface area contributed by atoms with Crippen molar-refractivity contribution >= 4 is 12.0 Å². The Morgan fingerprint density at radius 3 is 2.91 bits per heavy atom. The van der Waals surface area contributed by atoms with Crippen molar-refractivity contribution in [2.45, 2.75) is 0 Å². The second-order valence-corrected chi connectivity index (χ2v) is 4.71. The summed E-state index contributed by atoms with van der Waals surface area (Å²) in [6, 6.07) is 11.8. The fraction of sp³-hybridized carbons (Fsp3) is 0.0526. The molecule has 3 rings (SSSR count). The van der Waals surface area contributed by atoms with E-state index in [1.54, 1.807) is 31.0 Å². The average Bonchev–Trinajstić information content (AvgIpc) is 2.59. The van der Waals surface area contributed by atoms with Crippen molar-refractivity contribution in [3.8, 4) is 16.9 Å². The minimum atomic E-state index is 0.427. The van der Waals surface area contributed by atoms with E-state index in [4.69, 9.17) is 9.47 Å². The lowest BCUT2D eigenvalue weighted by atomic mass is 10.1. The first kappa shape index (κ1) is 14.8. The Balaban J connectivity index is 1.99. The molecule has 2 aromatic rings. The van der Waals surface area contributed by atoms with E-state index in [0.717, 1.165) is 16.9 Å². The smallest absolute Gasteiger partial charge is 0.152 e. The van der Waals surface area contributed by atoms with Gasteiger partial charge in [0, 0.05) is 18.0 Å². The van der Waals surface area contributed by atoms with Gasteiger partial charge in [-0.15, -0.1) is 0 Å². The Morgan fingerprint density at radius 1 is 0.957 bits per heavy atom. The lowest BCUT2D eigenvalue weighted by Crippen LogP contribution is -1.95. The molecule has 4 nitrogen and oxygen atoms in total. The van der Waals surface area contributed by atoms with Crippen molar-refractivity contribution in [3.63, 3.8) is 0 Å². The van der Waals surface area contributed by atoms with Crippen LogP contribution in [0.4, 0.5) is 5.82 Å². The zero-order valence-electron chi connectivity index (χ0n) is 12.5. The third-order valence-electron chi connectivity index (χ3n) is 3.13. The Bertz CT molecular complexity index is 776. The number of fused-ring (bicyclic) bond motifs is 4. The molecule has 0 radical (unpaired) electrons. The summed E-state index contributed by atoms with van der Waals surface area (Å²) in [5.74, 6) is 1.45. The van der Waals surface area contributed by atoms with E-state index in [-0.39, 0.29) is 0 Å². The Kier molecular flexibility index (Phi) is 4.98. The fourth-order valence-electron chi connectivity index (χ4n) is 2.09. The maximum atomic E-state index is 5.82. The maximum Gasteiger partial charge on any atom is 0.152 e. The van der Waals surface area contributed by atoms with Gasteiger partial charge in [-0.3, -0.25) is 0 Å². The summed E-state index contributed by atoms with van der Waals surface area (Å²) in [7, 11) is 0. The van der Waals surface area contributed by atoms with E-state index in [1.165, 1.54) is 0 Å². The Morgan fingerprint density at radius 2 is 1.91 bits per heavy atom. The molecule has 0 saturated heterocycles. The third-order valence-corrected chi connectivity index (χ3v) is 3.13. The summed E-state index contributed by atoms with van der Waals surface area (Å²) in [6.45, 7) is 0.427. The number of allylic oxidation sites excluding steroid dienone is 3. The van der Waals surface area contributed by atoms with Crippen molar-refractivity contribution in [1.82, 2.24) is 4.98 Å². The number of benzene rings is 1. The predicted molar refractivity (Wildman–Crippen MR) is 91.8 cm³/mol. The second-order valence-electron chi connectivity index (χ2n) is 4.71. The van der Waals surface area contributed by atoms with E-state index in [2.05, 4.69) is 9.98 Å². The normalized spacial score (nSPS) is 13.9. The highest BCUT2D eigenvalue weighted by molar-refractivity contribution is 5.76. The van der Waals surface area contributed by atoms with Gasteiger partial charge in [0.1, 0.15) is 12.4 Å². The van der Waals surface area contributed by atoms with Crippen LogP contribution in [0.15, 0.2) is 84.4 Å². The largest absolute Gasteiger partial charge is 0.489 e. The van der Waals surface area contributed by atoms with E-state index in [0.29, 0.717) is 12.4 Å². The van der Waals surface area contributed by atoms with Crippen LogP contribution in [-0.2, 0) is 4.74 Å². The van der Waals surface area contributed by atoms with Gasteiger partial charge in [0.15, 0.2) is 5.82 Å². The van der Waals surface area contributed by atoms with Crippen molar-refractivity contribution in [2.24, 2.45) is 4.99 Å². The number of nitrogens with zero attached hydrogens (tertiary/aromatic N) is 2. The lowest BCUT2D eigenvalue weighted by molar-refractivity contribution is 0.350. The Hall–Kier alpha value is -3.14. The van der Waals surface area contributed by atoms with Gasteiger partial charge in [0.2, 0.25) is 0 Å². The van der Waals surface area contributed by atoms with Crippen LogP contribution in [0.2, 0.25) is 0 Å². The average molecular weight is 304 g/mol. The predicted octanol–water partition coefficient (Wildman–Crippen LogP) is 4.44. The lowest BCUT2D eigenvalue weighted by Gasteiger charge is -2.10. The van der Waals surface area contributed by atoms with E-state index >= 15 is 0 Å². The molecule has 0 unspecified atom stereocenters. The van der Waals surface area contributed by atoms with Crippen LogP contribution in [0.5, 0.6) is 5.75 Å². The van der Waals surface area contributed by atoms with E-state index < -0.39 is 0 Å². The summed E-state index contributed by atoms with van der Waals surface area (Å²) in [6.07, 6.45) is 13.9. The van der Waals surface area contributed by atoms with Crippen LogP contribution in [0.25, 0.3) is 11.1 Å². The zero-order chi connectivity index (χ0) is 15.7. The summed E-state index contributed by atoms with van der Waals surface area (Å²) < 4.78 is 11.0. The molecule has 1 aromatic carbocycles. The quantitative estimate of drug-likeness (QED) is 0.722. The fourth-order valence-corrected chi connectivity index (χ4v) is 2.09. The molecule has 0 aliphatic carbocycles. The van der Waals surface area contributed by atoms with Crippen LogP contribution in [0.1, 0.15) is 0 Å². The first-order chi connectivity index (χ1) is 11.4. The monoisotopic (exact) mass is 304 g/mol. The number of rotatable bonds is 0. The minimum absolute atomic E-state index is 0.427. The van der Waals surface area contributed by atoms with Gasteiger partial charge in [0.25, 0.3) is 0 Å². The van der Waals surface area contributed by atoms with Crippen LogP contribution >= 0.6 is 0 Å². The standard InChI is InChI=1S/C19H16N2O2/c1-4-10-20-19-15-16(9-11-21-19)17-7-2-3-8-18(17)23-14-6-13-22-12-5-1/h1-13,15H,14H2. The minimum Gasteiger partial charge on any atom is -0.489 e. The number of ether oxygens (including phenoxy) is 2. The molecule has 114 valence electrons.